The first-order valence-electron chi connectivity index (χ1n) is 6.34. The van der Waals surface area contributed by atoms with E-state index in [1.165, 1.54) is 4.90 Å². The van der Waals surface area contributed by atoms with Crippen molar-refractivity contribution >= 4 is 12.0 Å². The van der Waals surface area contributed by atoms with Gasteiger partial charge in [-0.15, -0.1) is 0 Å². The van der Waals surface area contributed by atoms with Gasteiger partial charge in [-0.2, -0.15) is 0 Å². The Balaban J connectivity index is 2.63. The Kier molecular flexibility index (Phi) is 4.95. The van der Waals surface area contributed by atoms with E-state index in [1.807, 2.05) is 20.8 Å². The SMILES string of the molecule is CCC(C)C(C)NC(=O)N1CC(O)CC1C(=O)O. The Hall–Kier alpha value is -1.30. The highest BCUT2D eigenvalue weighted by atomic mass is 16.4. The van der Waals surface area contributed by atoms with Crippen molar-refractivity contribution in [2.45, 2.75) is 51.8 Å². The molecule has 2 amide bonds. The maximum atomic E-state index is 12.0. The normalized spacial score (nSPS) is 26.8. The van der Waals surface area contributed by atoms with Gasteiger partial charge in [0, 0.05) is 19.0 Å². The second-order valence-corrected chi connectivity index (χ2v) is 5.02. The predicted octanol–water partition coefficient (Wildman–Crippen LogP) is 0.650. The average molecular weight is 258 g/mol. The van der Waals surface area contributed by atoms with Crippen molar-refractivity contribution in [1.82, 2.24) is 10.2 Å². The Morgan fingerprint density at radius 2 is 2.06 bits per heavy atom. The zero-order valence-electron chi connectivity index (χ0n) is 11.1. The van der Waals surface area contributed by atoms with E-state index in [2.05, 4.69) is 5.32 Å². The molecular weight excluding hydrogens is 236 g/mol. The average Bonchev–Trinajstić information content (AvgIpc) is 2.70. The molecule has 4 atom stereocenters. The van der Waals surface area contributed by atoms with E-state index in [0.717, 1.165) is 6.42 Å². The minimum Gasteiger partial charge on any atom is -0.480 e. The largest absolute Gasteiger partial charge is 0.480 e. The van der Waals surface area contributed by atoms with Gasteiger partial charge in [-0.05, 0) is 12.8 Å². The lowest BCUT2D eigenvalue weighted by Crippen LogP contribution is -2.49. The summed E-state index contributed by atoms with van der Waals surface area (Å²) >= 11 is 0. The third-order valence-corrected chi connectivity index (χ3v) is 3.67. The van der Waals surface area contributed by atoms with Gasteiger partial charge in [0.1, 0.15) is 6.04 Å². The van der Waals surface area contributed by atoms with Crippen LogP contribution in [0.1, 0.15) is 33.6 Å². The van der Waals surface area contributed by atoms with Gasteiger partial charge >= 0.3 is 12.0 Å². The van der Waals surface area contributed by atoms with Crippen LogP contribution in [0.2, 0.25) is 0 Å². The molecule has 1 aliphatic heterocycles. The molecule has 18 heavy (non-hydrogen) atoms. The lowest BCUT2D eigenvalue weighted by Gasteiger charge is -2.26. The number of carboxylic acid groups (broad SMARTS) is 1. The van der Waals surface area contributed by atoms with E-state index < -0.39 is 24.1 Å². The quantitative estimate of drug-likeness (QED) is 0.690. The van der Waals surface area contributed by atoms with Crippen molar-refractivity contribution in [2.75, 3.05) is 6.54 Å². The number of aliphatic hydroxyl groups excluding tert-OH is 1. The molecule has 1 heterocycles. The van der Waals surface area contributed by atoms with Crippen LogP contribution in [0.25, 0.3) is 0 Å². The lowest BCUT2D eigenvalue weighted by atomic mass is 10.0. The Morgan fingerprint density at radius 1 is 1.44 bits per heavy atom. The van der Waals surface area contributed by atoms with Crippen molar-refractivity contribution < 1.29 is 19.8 Å². The molecular formula is C12H22N2O4. The molecule has 1 rings (SSSR count). The molecule has 6 nitrogen and oxygen atoms in total. The van der Waals surface area contributed by atoms with Crippen LogP contribution in [0.4, 0.5) is 4.79 Å². The molecule has 0 saturated carbocycles. The van der Waals surface area contributed by atoms with Crippen LogP contribution < -0.4 is 5.32 Å². The van der Waals surface area contributed by atoms with Crippen LogP contribution in [0.15, 0.2) is 0 Å². The fraction of sp³-hybridized carbons (Fsp3) is 0.833. The van der Waals surface area contributed by atoms with Gasteiger partial charge in [-0.1, -0.05) is 20.3 Å². The van der Waals surface area contributed by atoms with Crippen LogP contribution in [-0.4, -0.2) is 51.8 Å². The van der Waals surface area contributed by atoms with Crippen LogP contribution in [0, 0.1) is 5.92 Å². The van der Waals surface area contributed by atoms with Gasteiger partial charge in [-0.25, -0.2) is 9.59 Å². The van der Waals surface area contributed by atoms with E-state index in [4.69, 9.17) is 5.11 Å². The molecule has 0 bridgehead atoms. The van der Waals surface area contributed by atoms with E-state index in [0.29, 0.717) is 5.92 Å². The second kappa shape index (κ2) is 6.04. The summed E-state index contributed by atoms with van der Waals surface area (Å²) in [5.74, 6) is -0.748. The number of β-amino-alcohol motifs (C(OH)–C–C–N with tert-alkyl or cyclic N) is 1. The van der Waals surface area contributed by atoms with Gasteiger partial charge in [-0.3, -0.25) is 0 Å². The zero-order valence-corrected chi connectivity index (χ0v) is 11.1. The first-order valence-corrected chi connectivity index (χ1v) is 6.34. The number of hydrogen-bond donors (Lipinski definition) is 3. The maximum Gasteiger partial charge on any atom is 0.326 e. The van der Waals surface area contributed by atoms with Crippen molar-refractivity contribution in [1.29, 1.82) is 0 Å². The van der Waals surface area contributed by atoms with Crippen molar-refractivity contribution in [3.05, 3.63) is 0 Å². The molecule has 3 N–H and O–H groups in total. The first-order chi connectivity index (χ1) is 8.36. The van der Waals surface area contributed by atoms with Crippen molar-refractivity contribution in [2.24, 2.45) is 5.92 Å². The zero-order chi connectivity index (χ0) is 13.9. The number of nitrogens with one attached hydrogen (secondary N) is 1. The monoisotopic (exact) mass is 258 g/mol. The van der Waals surface area contributed by atoms with E-state index in [9.17, 15) is 14.7 Å². The number of nitrogens with zero attached hydrogens (tertiary/aromatic N) is 1. The number of urea groups is 1. The Bertz CT molecular complexity index is 321. The van der Waals surface area contributed by atoms with E-state index in [-0.39, 0.29) is 19.0 Å². The van der Waals surface area contributed by atoms with E-state index >= 15 is 0 Å². The number of amides is 2. The Morgan fingerprint density at radius 3 is 2.56 bits per heavy atom. The molecule has 6 heteroatoms. The maximum absolute atomic E-state index is 12.0. The van der Waals surface area contributed by atoms with Crippen LogP contribution >= 0.6 is 0 Å². The van der Waals surface area contributed by atoms with Gasteiger partial charge < -0.3 is 20.4 Å². The number of aliphatic carboxylic acids is 1. The summed E-state index contributed by atoms with van der Waals surface area (Å²) in [5.41, 5.74) is 0. The number of rotatable bonds is 4. The summed E-state index contributed by atoms with van der Waals surface area (Å²) in [4.78, 5) is 24.2. The molecule has 0 spiro atoms. The fourth-order valence-electron chi connectivity index (χ4n) is 2.05. The molecule has 1 fully saturated rings. The number of hydrogen-bond acceptors (Lipinski definition) is 3. The molecule has 0 aromatic heterocycles. The van der Waals surface area contributed by atoms with Crippen LogP contribution in [0.3, 0.4) is 0 Å². The number of carboxylic acids is 1. The van der Waals surface area contributed by atoms with Crippen LogP contribution in [-0.2, 0) is 4.79 Å². The minimum absolute atomic E-state index is 0.0188. The number of carbonyl (C=O) groups excluding carboxylic acids is 1. The molecule has 4 unspecified atom stereocenters. The van der Waals surface area contributed by atoms with Gasteiger partial charge in [0.15, 0.2) is 0 Å². The molecule has 0 aromatic carbocycles. The fourth-order valence-corrected chi connectivity index (χ4v) is 2.05. The van der Waals surface area contributed by atoms with Gasteiger partial charge in [0.05, 0.1) is 6.10 Å². The summed E-state index contributed by atoms with van der Waals surface area (Å²) in [5, 5.41) is 21.3. The molecule has 0 aliphatic carbocycles. The summed E-state index contributed by atoms with van der Waals surface area (Å²) < 4.78 is 0. The van der Waals surface area contributed by atoms with Gasteiger partial charge in [0.2, 0.25) is 0 Å². The number of carbonyl (C=O) groups is 2. The second-order valence-electron chi connectivity index (χ2n) is 5.02. The number of likely N-dealkylation sites (tertiary alicyclic amines) is 1. The summed E-state index contributed by atoms with van der Waals surface area (Å²) in [7, 11) is 0. The smallest absolute Gasteiger partial charge is 0.326 e. The highest BCUT2D eigenvalue weighted by Crippen LogP contribution is 2.18. The predicted molar refractivity (Wildman–Crippen MR) is 66.2 cm³/mol. The topological polar surface area (TPSA) is 89.9 Å². The third kappa shape index (κ3) is 3.35. The van der Waals surface area contributed by atoms with E-state index in [1.54, 1.807) is 0 Å². The van der Waals surface area contributed by atoms with Crippen molar-refractivity contribution in [3.63, 3.8) is 0 Å². The Labute approximate surface area is 107 Å². The highest BCUT2D eigenvalue weighted by molar-refractivity contribution is 5.83. The molecule has 0 radical (unpaired) electrons. The standard InChI is InChI=1S/C12H22N2O4/c1-4-7(2)8(3)13-12(18)14-6-9(15)5-10(14)11(16)17/h7-10,15H,4-6H2,1-3H3,(H,13,18)(H,16,17). The van der Waals surface area contributed by atoms with Crippen LogP contribution in [0.5, 0.6) is 0 Å². The summed E-state index contributed by atoms with van der Waals surface area (Å²) in [6.45, 7) is 6.04. The molecule has 104 valence electrons. The third-order valence-electron chi connectivity index (χ3n) is 3.67. The van der Waals surface area contributed by atoms with Gasteiger partial charge in [0.25, 0.3) is 0 Å². The molecule has 0 aromatic rings. The summed E-state index contributed by atoms with van der Waals surface area (Å²) in [6, 6.07) is -1.36. The molecule has 1 saturated heterocycles. The minimum atomic E-state index is -1.07. The summed E-state index contributed by atoms with van der Waals surface area (Å²) in [6.07, 6.45) is 0.281. The molecule has 1 aliphatic rings. The number of aliphatic hydroxyl groups is 1. The highest BCUT2D eigenvalue weighted by Gasteiger charge is 2.39. The lowest BCUT2D eigenvalue weighted by molar-refractivity contribution is -0.141. The first kappa shape index (κ1) is 14.8. The van der Waals surface area contributed by atoms with Crippen molar-refractivity contribution in [3.8, 4) is 0 Å².